The predicted octanol–water partition coefficient (Wildman–Crippen LogP) is 3.46. The van der Waals surface area contributed by atoms with E-state index in [-0.39, 0.29) is 6.04 Å². The van der Waals surface area contributed by atoms with Crippen LogP contribution < -0.4 is 5.73 Å². The number of aryl methyl sites for hydroxylation is 1. The average Bonchev–Trinajstić information content (AvgIpc) is 2.68. The highest BCUT2D eigenvalue weighted by molar-refractivity contribution is 9.11. The summed E-state index contributed by atoms with van der Waals surface area (Å²) in [5.41, 5.74) is 8.44. The maximum Gasteiger partial charge on any atom is 0.0701 e. The molecule has 1 unspecified atom stereocenters. The molecule has 84 valence electrons. The molecule has 0 bridgehead atoms. The van der Waals surface area contributed by atoms with E-state index < -0.39 is 0 Å². The van der Waals surface area contributed by atoms with Gasteiger partial charge in [0.1, 0.15) is 0 Å². The predicted molar refractivity (Wildman–Crippen MR) is 71.6 cm³/mol. The molecule has 4 heteroatoms. The quantitative estimate of drug-likeness (QED) is 0.942. The van der Waals surface area contributed by atoms with Gasteiger partial charge in [-0.25, -0.2) is 0 Å². The Bertz CT molecular complexity index is 481. The third kappa shape index (κ3) is 2.70. The highest BCUT2D eigenvalue weighted by Crippen LogP contribution is 2.27. The number of thiophene rings is 1. The summed E-state index contributed by atoms with van der Waals surface area (Å²) in [6, 6.07) is 8.15. The minimum Gasteiger partial charge on any atom is -0.323 e. The molecule has 2 heterocycles. The first-order valence-corrected chi connectivity index (χ1v) is 6.69. The Morgan fingerprint density at radius 2 is 2.25 bits per heavy atom. The highest BCUT2D eigenvalue weighted by atomic mass is 79.9. The average molecular weight is 297 g/mol. The van der Waals surface area contributed by atoms with E-state index in [1.807, 2.05) is 18.3 Å². The smallest absolute Gasteiger partial charge is 0.0701 e. The van der Waals surface area contributed by atoms with E-state index in [2.05, 4.69) is 40.0 Å². The van der Waals surface area contributed by atoms with Crippen LogP contribution in [-0.2, 0) is 6.42 Å². The number of pyridine rings is 1. The van der Waals surface area contributed by atoms with Crippen LogP contribution in [-0.4, -0.2) is 4.98 Å². The number of hydrogen-bond donors (Lipinski definition) is 1. The largest absolute Gasteiger partial charge is 0.323 e. The zero-order valence-corrected chi connectivity index (χ0v) is 11.4. The maximum atomic E-state index is 6.16. The molecule has 2 nitrogen and oxygen atoms in total. The Kier molecular flexibility index (Phi) is 3.74. The molecule has 0 amide bonds. The zero-order chi connectivity index (χ0) is 11.5. The van der Waals surface area contributed by atoms with E-state index in [1.54, 1.807) is 11.3 Å². The molecule has 2 aromatic rings. The van der Waals surface area contributed by atoms with Gasteiger partial charge in [-0.3, -0.25) is 4.98 Å². The monoisotopic (exact) mass is 296 g/mol. The van der Waals surface area contributed by atoms with Gasteiger partial charge in [0.25, 0.3) is 0 Å². The van der Waals surface area contributed by atoms with Crippen molar-refractivity contribution in [1.82, 2.24) is 4.98 Å². The second-order valence-electron chi connectivity index (χ2n) is 3.72. The van der Waals surface area contributed by atoms with Crippen LogP contribution in [0.25, 0.3) is 0 Å². The molecule has 0 fully saturated rings. The molecule has 0 saturated heterocycles. The van der Waals surface area contributed by atoms with E-state index in [1.165, 1.54) is 10.4 Å². The normalized spacial score (nSPS) is 12.7. The van der Waals surface area contributed by atoms with Crippen molar-refractivity contribution < 1.29 is 0 Å². The van der Waals surface area contributed by atoms with Crippen LogP contribution in [0.3, 0.4) is 0 Å². The second-order valence-corrected chi connectivity index (χ2v) is 6.21. The van der Waals surface area contributed by atoms with Gasteiger partial charge in [-0.2, -0.15) is 0 Å². The van der Waals surface area contributed by atoms with E-state index in [9.17, 15) is 0 Å². The molecule has 0 aliphatic heterocycles. The number of nitrogens with two attached hydrogens (primary N) is 1. The Hall–Kier alpha value is -0.710. The summed E-state index contributed by atoms with van der Waals surface area (Å²) in [6.07, 6.45) is 2.61. The van der Waals surface area contributed by atoms with Crippen LogP contribution in [0.5, 0.6) is 0 Å². The lowest BCUT2D eigenvalue weighted by atomic mass is 10.1. The topological polar surface area (TPSA) is 38.9 Å². The van der Waals surface area contributed by atoms with Crippen LogP contribution in [0.2, 0.25) is 0 Å². The fourth-order valence-electron chi connectivity index (χ4n) is 1.57. The van der Waals surface area contributed by atoms with Gasteiger partial charge < -0.3 is 5.73 Å². The summed E-state index contributed by atoms with van der Waals surface area (Å²) >= 11 is 5.13. The van der Waals surface area contributed by atoms with Crippen molar-refractivity contribution in [1.29, 1.82) is 0 Å². The van der Waals surface area contributed by atoms with E-state index in [4.69, 9.17) is 5.73 Å². The van der Waals surface area contributed by atoms with Crippen LogP contribution >= 0.6 is 27.3 Å². The first kappa shape index (κ1) is 11.8. The standard InChI is InChI=1S/C12H13BrN2S/c1-8-3-2-6-15-10(8)7-9(14)11-4-5-12(13)16-11/h2-6,9H,7,14H2,1H3. The molecule has 0 saturated carbocycles. The number of hydrogen-bond acceptors (Lipinski definition) is 3. The molecular weight excluding hydrogens is 284 g/mol. The summed E-state index contributed by atoms with van der Waals surface area (Å²) in [5.74, 6) is 0. The van der Waals surface area contributed by atoms with Crippen molar-refractivity contribution in [2.24, 2.45) is 5.73 Å². The molecule has 0 spiro atoms. The number of halogens is 1. The van der Waals surface area contributed by atoms with E-state index >= 15 is 0 Å². The third-order valence-electron chi connectivity index (χ3n) is 2.49. The highest BCUT2D eigenvalue weighted by Gasteiger charge is 2.11. The number of aromatic nitrogens is 1. The molecule has 2 rings (SSSR count). The van der Waals surface area contributed by atoms with Crippen LogP contribution in [0.1, 0.15) is 22.2 Å². The Morgan fingerprint density at radius 3 is 2.88 bits per heavy atom. The third-order valence-corrected chi connectivity index (χ3v) is 4.25. The van der Waals surface area contributed by atoms with Crippen molar-refractivity contribution in [3.05, 3.63) is 50.4 Å². The van der Waals surface area contributed by atoms with Crippen LogP contribution in [0, 0.1) is 6.92 Å². The Labute approximate surface area is 108 Å². The van der Waals surface area contributed by atoms with Crippen LogP contribution in [0.15, 0.2) is 34.2 Å². The molecule has 2 N–H and O–H groups in total. The van der Waals surface area contributed by atoms with Gasteiger partial charge in [0.05, 0.1) is 3.79 Å². The molecule has 1 atom stereocenters. The molecule has 0 aliphatic rings. The summed E-state index contributed by atoms with van der Waals surface area (Å²) in [6.45, 7) is 2.07. The maximum absolute atomic E-state index is 6.16. The van der Waals surface area contributed by atoms with Crippen molar-refractivity contribution in [3.8, 4) is 0 Å². The lowest BCUT2D eigenvalue weighted by molar-refractivity contribution is 0.715. The summed E-state index contributed by atoms with van der Waals surface area (Å²) in [7, 11) is 0. The van der Waals surface area contributed by atoms with Crippen molar-refractivity contribution in [2.45, 2.75) is 19.4 Å². The lowest BCUT2D eigenvalue weighted by Crippen LogP contribution is -2.13. The SMILES string of the molecule is Cc1cccnc1CC(N)c1ccc(Br)s1. The summed E-state index contributed by atoms with van der Waals surface area (Å²) in [4.78, 5) is 5.56. The Balaban J connectivity index is 2.13. The van der Waals surface area contributed by atoms with E-state index in [0.29, 0.717) is 0 Å². The Morgan fingerprint density at radius 1 is 1.44 bits per heavy atom. The minimum atomic E-state index is 0.0323. The second kappa shape index (κ2) is 5.08. The van der Waals surface area contributed by atoms with Crippen molar-refractivity contribution >= 4 is 27.3 Å². The van der Waals surface area contributed by atoms with Gasteiger partial charge >= 0.3 is 0 Å². The fourth-order valence-corrected chi connectivity index (χ4v) is 2.99. The molecular formula is C12H13BrN2S. The van der Waals surface area contributed by atoms with Crippen molar-refractivity contribution in [2.75, 3.05) is 0 Å². The van der Waals surface area contributed by atoms with Gasteiger partial charge in [-0.15, -0.1) is 11.3 Å². The lowest BCUT2D eigenvalue weighted by Gasteiger charge is -2.10. The molecule has 16 heavy (non-hydrogen) atoms. The summed E-state index contributed by atoms with van der Waals surface area (Å²) < 4.78 is 1.12. The van der Waals surface area contributed by atoms with Gasteiger partial charge in [-0.05, 0) is 46.6 Å². The first-order chi connectivity index (χ1) is 7.66. The minimum absolute atomic E-state index is 0.0323. The van der Waals surface area contributed by atoms with Gasteiger partial charge in [-0.1, -0.05) is 6.07 Å². The van der Waals surface area contributed by atoms with Gasteiger partial charge in [0, 0.05) is 29.2 Å². The van der Waals surface area contributed by atoms with Crippen molar-refractivity contribution in [3.63, 3.8) is 0 Å². The zero-order valence-electron chi connectivity index (χ0n) is 8.98. The molecule has 2 aromatic heterocycles. The molecule has 0 aromatic carbocycles. The van der Waals surface area contributed by atoms with Gasteiger partial charge in [0.2, 0.25) is 0 Å². The number of nitrogens with zero attached hydrogens (tertiary/aromatic N) is 1. The first-order valence-electron chi connectivity index (χ1n) is 5.08. The number of rotatable bonds is 3. The van der Waals surface area contributed by atoms with Crippen LogP contribution in [0.4, 0.5) is 0 Å². The fraction of sp³-hybridized carbons (Fsp3) is 0.250. The summed E-state index contributed by atoms with van der Waals surface area (Å²) in [5, 5.41) is 0. The van der Waals surface area contributed by atoms with Gasteiger partial charge in [0.15, 0.2) is 0 Å². The molecule has 0 radical (unpaired) electrons. The van der Waals surface area contributed by atoms with E-state index in [0.717, 1.165) is 15.9 Å². The molecule has 0 aliphatic carbocycles.